The second-order valence-corrected chi connectivity index (χ2v) is 11.5. The van der Waals surface area contributed by atoms with Gasteiger partial charge in [-0.15, -0.1) is 0 Å². The number of fused-ring (bicyclic) bond motifs is 1. The first-order chi connectivity index (χ1) is 22.2. The molecule has 3 heterocycles. The van der Waals surface area contributed by atoms with Gasteiger partial charge in [-0.1, -0.05) is 79.2 Å². The number of hydrogen-bond donors (Lipinski definition) is 0. The van der Waals surface area contributed by atoms with E-state index in [1.807, 2.05) is 60.7 Å². The van der Waals surface area contributed by atoms with Crippen LogP contribution in [0.15, 0.2) is 103 Å². The van der Waals surface area contributed by atoms with Crippen molar-refractivity contribution in [2.24, 2.45) is 0 Å². The fraction of sp³-hybridized carbons (Fsp3) is 0.237. The van der Waals surface area contributed by atoms with E-state index in [1.165, 1.54) is 19.3 Å². The Kier molecular flexibility index (Phi) is 8.25. The molecule has 5 aromatic rings. The third-order valence-electron chi connectivity index (χ3n) is 8.66. The lowest BCUT2D eigenvalue weighted by atomic mass is 9.92. The van der Waals surface area contributed by atoms with Gasteiger partial charge in [0.25, 0.3) is 5.91 Å². The minimum atomic E-state index is -0.154. The lowest BCUT2D eigenvalue weighted by molar-refractivity contribution is 0.0992. The van der Waals surface area contributed by atoms with Crippen molar-refractivity contribution < 1.29 is 14.3 Å². The summed E-state index contributed by atoms with van der Waals surface area (Å²) >= 11 is 0. The molecule has 2 aliphatic rings. The van der Waals surface area contributed by atoms with Crippen LogP contribution in [0.3, 0.4) is 0 Å². The molecule has 0 aliphatic carbocycles. The van der Waals surface area contributed by atoms with Crippen LogP contribution < -0.4 is 14.4 Å². The standard InChI is InChI=1S/C38H36N4O3/c1-44-35-24-31(16-18-34(35)45-22-21-41-19-9-4-10-20-41)42-26-30-25-39-37(40-36(30)38(42)43)29-15-17-32(27-11-5-2-6-12-27)33(23-29)28-13-7-3-8-14-28/h2-3,5-8,11-18,23-25H,4,9-10,19-22,26H2,1H3. The minimum absolute atomic E-state index is 0.154. The number of likely N-dealkylation sites (tertiary alicyclic amines) is 1. The van der Waals surface area contributed by atoms with Crippen LogP contribution in [-0.4, -0.2) is 54.1 Å². The molecule has 0 saturated carbocycles. The molecule has 1 saturated heterocycles. The Hall–Kier alpha value is -5.01. The zero-order valence-electron chi connectivity index (χ0n) is 25.5. The van der Waals surface area contributed by atoms with Crippen LogP contribution in [-0.2, 0) is 6.54 Å². The summed E-state index contributed by atoms with van der Waals surface area (Å²) in [6.07, 6.45) is 5.60. The molecule has 0 radical (unpaired) electrons. The van der Waals surface area contributed by atoms with Gasteiger partial charge in [-0.05, 0) is 66.4 Å². The Bertz CT molecular complexity index is 1800. The number of carbonyl (C=O) groups excluding carboxylic acids is 1. The summed E-state index contributed by atoms with van der Waals surface area (Å²) in [5.74, 6) is 1.65. The summed E-state index contributed by atoms with van der Waals surface area (Å²) < 4.78 is 11.7. The van der Waals surface area contributed by atoms with Crippen molar-refractivity contribution in [3.63, 3.8) is 0 Å². The number of rotatable bonds is 9. The van der Waals surface area contributed by atoms with E-state index in [2.05, 4.69) is 41.3 Å². The Balaban J connectivity index is 1.13. The number of aromatic nitrogens is 2. The zero-order chi connectivity index (χ0) is 30.6. The normalized spacial score (nSPS) is 14.8. The topological polar surface area (TPSA) is 67.8 Å². The Labute approximate surface area is 264 Å². The van der Waals surface area contributed by atoms with E-state index < -0.39 is 0 Å². The lowest BCUT2D eigenvalue weighted by Crippen LogP contribution is -2.33. The molecular weight excluding hydrogens is 560 g/mol. The molecule has 226 valence electrons. The van der Waals surface area contributed by atoms with Crippen LogP contribution in [0, 0.1) is 0 Å². The minimum Gasteiger partial charge on any atom is -0.493 e. The lowest BCUT2D eigenvalue weighted by Gasteiger charge is -2.26. The van der Waals surface area contributed by atoms with E-state index in [-0.39, 0.29) is 5.91 Å². The van der Waals surface area contributed by atoms with Crippen LogP contribution in [0.2, 0.25) is 0 Å². The van der Waals surface area contributed by atoms with Gasteiger partial charge in [0.15, 0.2) is 17.3 Å². The quantitative estimate of drug-likeness (QED) is 0.175. The van der Waals surface area contributed by atoms with Crippen molar-refractivity contribution >= 4 is 11.6 Å². The van der Waals surface area contributed by atoms with Crippen molar-refractivity contribution in [2.75, 3.05) is 38.3 Å². The van der Waals surface area contributed by atoms with E-state index in [4.69, 9.17) is 19.4 Å². The maximum absolute atomic E-state index is 13.7. The van der Waals surface area contributed by atoms with Crippen LogP contribution >= 0.6 is 0 Å². The first-order valence-electron chi connectivity index (χ1n) is 15.6. The fourth-order valence-corrected chi connectivity index (χ4v) is 6.25. The van der Waals surface area contributed by atoms with E-state index in [0.717, 1.165) is 58.7 Å². The molecule has 7 rings (SSSR count). The molecular formula is C38H36N4O3. The number of anilines is 1. The van der Waals surface area contributed by atoms with E-state index in [1.54, 1.807) is 18.2 Å². The van der Waals surface area contributed by atoms with E-state index in [0.29, 0.717) is 36.2 Å². The smallest absolute Gasteiger partial charge is 0.277 e. The maximum Gasteiger partial charge on any atom is 0.277 e. The predicted octanol–water partition coefficient (Wildman–Crippen LogP) is 7.51. The van der Waals surface area contributed by atoms with Crippen molar-refractivity contribution in [3.8, 4) is 45.1 Å². The highest BCUT2D eigenvalue weighted by Gasteiger charge is 2.31. The molecule has 7 heteroatoms. The van der Waals surface area contributed by atoms with Gasteiger partial charge in [0.05, 0.1) is 13.7 Å². The Morgan fingerprint density at radius 3 is 2.22 bits per heavy atom. The van der Waals surface area contributed by atoms with Gasteiger partial charge in [0.2, 0.25) is 0 Å². The second kappa shape index (κ2) is 12.9. The molecule has 0 bridgehead atoms. The summed E-state index contributed by atoms with van der Waals surface area (Å²) in [5.41, 5.74) is 7.27. The zero-order valence-corrected chi connectivity index (χ0v) is 25.5. The van der Waals surface area contributed by atoms with Gasteiger partial charge in [-0.2, -0.15) is 0 Å². The van der Waals surface area contributed by atoms with Crippen molar-refractivity contribution in [1.82, 2.24) is 14.9 Å². The van der Waals surface area contributed by atoms with Crippen LogP contribution in [0.4, 0.5) is 5.69 Å². The molecule has 0 atom stereocenters. The number of nitrogens with zero attached hydrogens (tertiary/aromatic N) is 4. The highest BCUT2D eigenvalue weighted by Crippen LogP contribution is 2.37. The SMILES string of the molecule is COc1cc(N2Cc3cnc(-c4ccc(-c5ccccc5)c(-c5ccccc5)c4)nc3C2=O)ccc1OCCN1CCCCC1. The predicted molar refractivity (Wildman–Crippen MR) is 178 cm³/mol. The highest BCUT2D eigenvalue weighted by molar-refractivity contribution is 6.09. The fourth-order valence-electron chi connectivity index (χ4n) is 6.25. The number of carbonyl (C=O) groups is 1. The van der Waals surface area contributed by atoms with Gasteiger partial charge < -0.3 is 14.4 Å². The van der Waals surface area contributed by atoms with Gasteiger partial charge >= 0.3 is 0 Å². The number of ether oxygens (including phenoxy) is 2. The van der Waals surface area contributed by atoms with Crippen molar-refractivity contribution in [1.29, 1.82) is 0 Å². The highest BCUT2D eigenvalue weighted by atomic mass is 16.5. The number of amides is 1. The van der Waals surface area contributed by atoms with E-state index in [9.17, 15) is 4.79 Å². The van der Waals surface area contributed by atoms with Gasteiger partial charge in [0, 0.05) is 35.6 Å². The molecule has 0 spiro atoms. The number of hydrogen-bond acceptors (Lipinski definition) is 6. The summed E-state index contributed by atoms with van der Waals surface area (Å²) in [5, 5.41) is 0. The maximum atomic E-state index is 13.7. The third-order valence-corrected chi connectivity index (χ3v) is 8.66. The summed E-state index contributed by atoms with van der Waals surface area (Å²) in [4.78, 5) is 27.4. The van der Waals surface area contributed by atoms with E-state index >= 15 is 0 Å². The number of benzene rings is 4. The molecule has 7 nitrogen and oxygen atoms in total. The molecule has 2 aliphatic heterocycles. The monoisotopic (exact) mass is 596 g/mol. The Morgan fingerprint density at radius 2 is 1.49 bits per heavy atom. The molecule has 1 amide bonds. The number of piperidine rings is 1. The average molecular weight is 597 g/mol. The third kappa shape index (κ3) is 6.04. The first-order valence-corrected chi connectivity index (χ1v) is 15.6. The summed E-state index contributed by atoms with van der Waals surface area (Å²) in [7, 11) is 1.63. The number of methoxy groups -OCH3 is 1. The summed E-state index contributed by atoms with van der Waals surface area (Å²) in [6, 6.07) is 32.6. The molecule has 0 N–H and O–H groups in total. The van der Waals surface area contributed by atoms with Gasteiger partial charge in [0.1, 0.15) is 12.3 Å². The Morgan fingerprint density at radius 1 is 0.756 bits per heavy atom. The summed E-state index contributed by atoms with van der Waals surface area (Å²) in [6.45, 7) is 4.16. The molecule has 45 heavy (non-hydrogen) atoms. The average Bonchev–Trinajstić information content (AvgIpc) is 3.44. The van der Waals surface area contributed by atoms with Crippen LogP contribution in [0.25, 0.3) is 33.6 Å². The van der Waals surface area contributed by atoms with Gasteiger partial charge in [-0.3, -0.25) is 9.69 Å². The molecule has 0 unspecified atom stereocenters. The van der Waals surface area contributed by atoms with Crippen LogP contribution in [0.5, 0.6) is 11.5 Å². The first kappa shape index (κ1) is 28.7. The van der Waals surface area contributed by atoms with Crippen LogP contribution in [0.1, 0.15) is 35.3 Å². The molecule has 4 aromatic carbocycles. The molecule has 1 fully saturated rings. The van der Waals surface area contributed by atoms with Gasteiger partial charge in [-0.25, -0.2) is 9.97 Å². The molecule has 1 aromatic heterocycles. The second-order valence-electron chi connectivity index (χ2n) is 11.5. The van der Waals surface area contributed by atoms with Crippen molar-refractivity contribution in [2.45, 2.75) is 25.8 Å². The van der Waals surface area contributed by atoms with Crippen molar-refractivity contribution in [3.05, 3.63) is 115 Å². The largest absolute Gasteiger partial charge is 0.493 e.